The third-order valence-electron chi connectivity index (χ3n) is 7.96. The van der Waals surface area contributed by atoms with Gasteiger partial charge in [-0.2, -0.15) is 0 Å². The number of nitrogens with two attached hydrogens (primary N) is 1. The van der Waals surface area contributed by atoms with Crippen LogP contribution in [-0.2, 0) is 11.2 Å². The van der Waals surface area contributed by atoms with Crippen molar-refractivity contribution < 1.29 is 23.8 Å². The lowest BCUT2D eigenvalue weighted by Gasteiger charge is -2.56. The second kappa shape index (κ2) is 5.80. The van der Waals surface area contributed by atoms with Gasteiger partial charge in [-0.3, -0.25) is 4.79 Å². The number of fused-ring (bicyclic) bond motifs is 5. The molecule has 0 spiro atoms. The van der Waals surface area contributed by atoms with E-state index < -0.39 is 17.5 Å². The van der Waals surface area contributed by atoms with Crippen LogP contribution in [0.15, 0.2) is 0 Å². The fraction of sp³-hybridized carbons (Fsp3) is 0.636. The minimum atomic E-state index is -0.801. The first kappa shape index (κ1) is 18.6. The molecule has 1 aromatic rings. The van der Waals surface area contributed by atoms with Crippen molar-refractivity contribution in [3.8, 4) is 11.5 Å². The summed E-state index contributed by atoms with van der Waals surface area (Å²) in [7, 11) is 0. The first-order valence-electron chi connectivity index (χ1n) is 10.5. The van der Waals surface area contributed by atoms with Crippen LogP contribution in [0, 0.1) is 19.3 Å². The molecular formula is C22H28N2O5. The average Bonchev–Trinajstić information content (AvgIpc) is 3.07. The summed E-state index contributed by atoms with van der Waals surface area (Å²) in [5.41, 5.74) is 8.38. The summed E-state index contributed by atoms with van der Waals surface area (Å²) >= 11 is 0. The van der Waals surface area contributed by atoms with Gasteiger partial charge in [-0.15, -0.1) is 0 Å². The molecule has 1 atom stereocenters. The zero-order valence-corrected chi connectivity index (χ0v) is 17.3. The Morgan fingerprint density at radius 2 is 1.62 bits per heavy atom. The maximum Gasteiger partial charge on any atom is 0.405 e. The van der Waals surface area contributed by atoms with E-state index in [9.17, 15) is 9.59 Å². The molecule has 7 nitrogen and oxygen atoms in total. The number of carbonyl (C=O) groups is 2. The molecule has 3 fully saturated rings. The average molecular weight is 400 g/mol. The van der Waals surface area contributed by atoms with Gasteiger partial charge < -0.3 is 25.3 Å². The molecule has 1 aromatic carbocycles. The van der Waals surface area contributed by atoms with Crippen LogP contribution in [-0.4, -0.2) is 29.9 Å². The van der Waals surface area contributed by atoms with E-state index in [0.29, 0.717) is 12.3 Å². The topological polar surface area (TPSA) is 99.9 Å². The summed E-state index contributed by atoms with van der Waals surface area (Å²) in [5.74, 6) is 0.647. The standard InChI is InChI=1S/C22H28N2O5/c1-12-14-4-11-24-18(25)15(14)13(2)17-16(12)27-20(3,28-17)21-5-8-22(9-6-21,10-7-21)29-19(23)26/h4-11H2,1-3H3,(H2,23,26)(H,24,25). The number of benzene rings is 1. The third kappa shape index (κ3) is 2.42. The lowest BCUT2D eigenvalue weighted by molar-refractivity contribution is -0.223. The maximum absolute atomic E-state index is 12.5. The minimum absolute atomic E-state index is 0.0336. The summed E-state index contributed by atoms with van der Waals surface area (Å²) in [4.78, 5) is 23.9. The summed E-state index contributed by atoms with van der Waals surface area (Å²) in [6.45, 7) is 6.64. The highest BCUT2D eigenvalue weighted by Gasteiger charge is 2.63. The Morgan fingerprint density at radius 1 is 1.03 bits per heavy atom. The van der Waals surface area contributed by atoms with Crippen molar-refractivity contribution >= 4 is 12.0 Å². The van der Waals surface area contributed by atoms with E-state index in [-0.39, 0.29) is 11.3 Å². The van der Waals surface area contributed by atoms with E-state index in [4.69, 9.17) is 19.9 Å². The lowest BCUT2D eigenvalue weighted by atomic mass is 9.55. The fourth-order valence-corrected chi connectivity index (χ4v) is 6.09. The van der Waals surface area contributed by atoms with Crippen LogP contribution in [0.3, 0.4) is 0 Å². The molecule has 2 bridgehead atoms. The van der Waals surface area contributed by atoms with Crippen LogP contribution in [0.2, 0.25) is 0 Å². The molecule has 0 radical (unpaired) electrons. The van der Waals surface area contributed by atoms with E-state index in [0.717, 1.165) is 72.9 Å². The number of amides is 2. The van der Waals surface area contributed by atoms with Gasteiger partial charge in [-0.1, -0.05) is 0 Å². The highest BCUT2D eigenvalue weighted by Crippen LogP contribution is 2.62. The molecule has 0 saturated heterocycles. The second-order valence-electron chi connectivity index (χ2n) is 9.30. The molecule has 7 heteroatoms. The summed E-state index contributed by atoms with van der Waals surface area (Å²) in [6, 6.07) is 0. The van der Waals surface area contributed by atoms with Gasteiger partial charge in [0.15, 0.2) is 11.5 Å². The second-order valence-corrected chi connectivity index (χ2v) is 9.30. The van der Waals surface area contributed by atoms with Crippen LogP contribution in [0.5, 0.6) is 11.5 Å². The van der Waals surface area contributed by atoms with Gasteiger partial charge in [0, 0.05) is 30.0 Å². The van der Waals surface area contributed by atoms with Gasteiger partial charge in [0.1, 0.15) is 5.60 Å². The summed E-state index contributed by atoms with van der Waals surface area (Å²) in [6.07, 6.45) is 4.97. The van der Waals surface area contributed by atoms with E-state index in [1.807, 2.05) is 20.8 Å². The smallest absolute Gasteiger partial charge is 0.405 e. The van der Waals surface area contributed by atoms with Crippen molar-refractivity contribution in [1.29, 1.82) is 0 Å². The number of hydrogen-bond donors (Lipinski definition) is 2. The van der Waals surface area contributed by atoms with Gasteiger partial charge in [0.05, 0.1) is 0 Å². The van der Waals surface area contributed by atoms with Crippen LogP contribution >= 0.6 is 0 Å². The van der Waals surface area contributed by atoms with Gasteiger partial charge in [0.2, 0.25) is 0 Å². The molecule has 3 aliphatic carbocycles. The first-order chi connectivity index (χ1) is 13.7. The molecule has 156 valence electrons. The Hall–Kier alpha value is -2.44. The van der Waals surface area contributed by atoms with Crippen LogP contribution in [0.4, 0.5) is 4.79 Å². The Bertz CT molecular complexity index is 915. The zero-order chi connectivity index (χ0) is 20.6. The Kier molecular flexibility index (Phi) is 3.72. The number of hydrogen-bond acceptors (Lipinski definition) is 5. The molecule has 0 aromatic heterocycles. The molecule has 3 N–H and O–H groups in total. The normalized spacial score (nSPS) is 34.5. The first-order valence-corrected chi connectivity index (χ1v) is 10.5. The number of rotatable bonds is 2. The van der Waals surface area contributed by atoms with Crippen molar-refractivity contribution in [2.45, 2.75) is 77.1 Å². The zero-order valence-electron chi connectivity index (χ0n) is 17.3. The van der Waals surface area contributed by atoms with Gasteiger partial charge >= 0.3 is 6.09 Å². The maximum atomic E-state index is 12.5. The van der Waals surface area contributed by atoms with Crippen molar-refractivity contribution in [1.82, 2.24) is 5.32 Å². The van der Waals surface area contributed by atoms with Crippen LogP contribution in [0.25, 0.3) is 0 Å². The predicted molar refractivity (Wildman–Crippen MR) is 105 cm³/mol. The van der Waals surface area contributed by atoms with Crippen molar-refractivity contribution in [3.63, 3.8) is 0 Å². The van der Waals surface area contributed by atoms with Gasteiger partial charge in [-0.05, 0) is 69.9 Å². The van der Waals surface area contributed by atoms with Gasteiger partial charge in [-0.25, -0.2) is 4.79 Å². The molecule has 5 aliphatic rings. The molecule has 6 rings (SSSR count). The molecule has 29 heavy (non-hydrogen) atoms. The number of ether oxygens (including phenoxy) is 3. The van der Waals surface area contributed by atoms with Crippen molar-refractivity contribution in [3.05, 3.63) is 22.3 Å². The van der Waals surface area contributed by atoms with Crippen molar-refractivity contribution in [2.24, 2.45) is 11.1 Å². The molecule has 2 aliphatic heterocycles. The van der Waals surface area contributed by atoms with Crippen molar-refractivity contribution in [2.75, 3.05) is 6.54 Å². The Labute approximate surface area is 170 Å². The van der Waals surface area contributed by atoms with E-state index in [1.165, 1.54) is 0 Å². The molecule has 1 unspecified atom stereocenters. The largest absolute Gasteiger partial charge is 0.448 e. The highest BCUT2D eigenvalue weighted by molar-refractivity contribution is 6.00. The van der Waals surface area contributed by atoms with E-state index in [2.05, 4.69) is 5.32 Å². The fourth-order valence-electron chi connectivity index (χ4n) is 6.09. The SMILES string of the molecule is Cc1c2c(c(C)c3c1OC(C)(C14CCC(OC(N)=O)(CC1)CC4)O3)C(=O)NCC2. The van der Waals surface area contributed by atoms with E-state index >= 15 is 0 Å². The molecule has 3 saturated carbocycles. The Balaban J connectivity index is 1.49. The molecule has 2 amide bonds. The summed E-state index contributed by atoms with van der Waals surface area (Å²) in [5, 5.41) is 2.94. The van der Waals surface area contributed by atoms with Crippen LogP contribution < -0.4 is 20.5 Å². The van der Waals surface area contributed by atoms with Crippen LogP contribution in [0.1, 0.15) is 72.5 Å². The third-order valence-corrected chi connectivity index (χ3v) is 7.96. The predicted octanol–water partition coefficient (Wildman–Crippen LogP) is 3.27. The number of nitrogens with one attached hydrogen (secondary N) is 1. The monoisotopic (exact) mass is 400 g/mol. The molecular weight excluding hydrogens is 372 g/mol. The lowest BCUT2D eigenvalue weighted by Crippen LogP contribution is -2.60. The summed E-state index contributed by atoms with van der Waals surface area (Å²) < 4.78 is 18.7. The molecule has 2 heterocycles. The van der Waals surface area contributed by atoms with E-state index in [1.54, 1.807) is 0 Å². The number of primary amides is 1. The van der Waals surface area contributed by atoms with Gasteiger partial charge in [0.25, 0.3) is 11.7 Å². The number of carbonyl (C=O) groups excluding carboxylic acids is 2. The highest BCUT2D eigenvalue weighted by atomic mass is 16.7. The minimum Gasteiger partial charge on any atom is -0.448 e. The Morgan fingerprint density at radius 3 is 2.21 bits per heavy atom. The quantitative estimate of drug-likeness (QED) is 0.794.